The van der Waals surface area contributed by atoms with Crippen LogP contribution in [0.3, 0.4) is 0 Å². The molecule has 1 atom stereocenters. The molecule has 4 nitrogen and oxygen atoms in total. The van der Waals surface area contributed by atoms with Crippen LogP contribution in [-0.2, 0) is 11.3 Å². The molecule has 0 N–H and O–H groups in total. The normalized spacial score (nSPS) is 15.6. The minimum Gasteiger partial charge on any atom is -0.481 e. The monoisotopic (exact) mass is 400 g/mol. The third-order valence-electron chi connectivity index (χ3n) is 5.56. The summed E-state index contributed by atoms with van der Waals surface area (Å²) in [6.45, 7) is 6.03. The maximum atomic E-state index is 12.8. The lowest BCUT2D eigenvalue weighted by Gasteiger charge is -2.35. The lowest BCUT2D eigenvalue weighted by Crippen LogP contribution is -2.51. The number of amides is 1. The Bertz CT molecular complexity index is 934. The molecule has 0 saturated carbocycles. The smallest absolute Gasteiger partial charge is 0.263 e. The summed E-state index contributed by atoms with van der Waals surface area (Å²) in [6.07, 6.45) is -0.492. The second-order valence-corrected chi connectivity index (χ2v) is 7.74. The average Bonchev–Trinajstić information content (AvgIpc) is 2.81. The van der Waals surface area contributed by atoms with Gasteiger partial charge in [-0.3, -0.25) is 9.69 Å². The average molecular weight is 401 g/mol. The van der Waals surface area contributed by atoms with Crippen molar-refractivity contribution in [3.63, 3.8) is 0 Å². The van der Waals surface area contributed by atoms with Gasteiger partial charge in [-0.1, -0.05) is 72.8 Å². The molecule has 1 unspecified atom stereocenters. The topological polar surface area (TPSA) is 32.8 Å². The fourth-order valence-corrected chi connectivity index (χ4v) is 3.84. The van der Waals surface area contributed by atoms with E-state index in [1.165, 1.54) is 11.1 Å². The first-order valence-corrected chi connectivity index (χ1v) is 10.6. The highest BCUT2D eigenvalue weighted by molar-refractivity contribution is 5.81. The Morgan fingerprint density at radius 1 is 0.800 bits per heavy atom. The first-order valence-electron chi connectivity index (χ1n) is 10.6. The van der Waals surface area contributed by atoms with E-state index in [0.717, 1.165) is 44.0 Å². The number of hydrogen-bond donors (Lipinski definition) is 0. The van der Waals surface area contributed by atoms with Crippen LogP contribution >= 0.6 is 0 Å². The fourth-order valence-electron chi connectivity index (χ4n) is 3.84. The summed E-state index contributed by atoms with van der Waals surface area (Å²) >= 11 is 0. The Labute approximate surface area is 178 Å². The summed E-state index contributed by atoms with van der Waals surface area (Å²) in [4.78, 5) is 17.2. The summed E-state index contributed by atoms with van der Waals surface area (Å²) < 4.78 is 5.94. The van der Waals surface area contributed by atoms with Crippen LogP contribution in [0.15, 0.2) is 84.9 Å². The zero-order valence-electron chi connectivity index (χ0n) is 17.4. The number of piperazine rings is 1. The lowest BCUT2D eigenvalue weighted by atomic mass is 10.1. The third kappa shape index (κ3) is 5.08. The molecule has 30 heavy (non-hydrogen) atoms. The van der Waals surface area contributed by atoms with E-state index in [1.807, 2.05) is 60.4 Å². The van der Waals surface area contributed by atoms with Gasteiger partial charge in [-0.15, -0.1) is 0 Å². The first-order chi connectivity index (χ1) is 14.7. The van der Waals surface area contributed by atoms with Gasteiger partial charge >= 0.3 is 0 Å². The molecule has 1 amide bonds. The number of carbonyl (C=O) groups excluding carboxylic acids is 1. The molecule has 154 valence electrons. The molecule has 1 aliphatic heterocycles. The van der Waals surface area contributed by atoms with Crippen LogP contribution in [0.5, 0.6) is 5.75 Å². The molecule has 1 fully saturated rings. The summed E-state index contributed by atoms with van der Waals surface area (Å²) in [7, 11) is 0. The third-order valence-corrected chi connectivity index (χ3v) is 5.56. The van der Waals surface area contributed by atoms with Gasteiger partial charge in [0.15, 0.2) is 6.10 Å². The van der Waals surface area contributed by atoms with Crippen LogP contribution in [0, 0.1) is 0 Å². The van der Waals surface area contributed by atoms with Crippen molar-refractivity contribution in [2.75, 3.05) is 26.2 Å². The number of carbonyl (C=O) groups is 1. The second-order valence-electron chi connectivity index (χ2n) is 7.74. The molecule has 1 aliphatic rings. The Morgan fingerprint density at radius 3 is 2.00 bits per heavy atom. The van der Waals surface area contributed by atoms with Gasteiger partial charge in [0, 0.05) is 32.7 Å². The lowest BCUT2D eigenvalue weighted by molar-refractivity contribution is -0.139. The molecule has 0 spiro atoms. The zero-order valence-corrected chi connectivity index (χ0v) is 17.4. The van der Waals surface area contributed by atoms with Crippen molar-refractivity contribution < 1.29 is 9.53 Å². The van der Waals surface area contributed by atoms with Gasteiger partial charge in [0.2, 0.25) is 0 Å². The van der Waals surface area contributed by atoms with Crippen molar-refractivity contribution >= 4 is 5.91 Å². The molecule has 0 aromatic heterocycles. The molecule has 1 heterocycles. The van der Waals surface area contributed by atoms with Crippen molar-refractivity contribution in [3.8, 4) is 16.9 Å². The van der Waals surface area contributed by atoms with Crippen molar-refractivity contribution in [3.05, 3.63) is 90.5 Å². The molecular weight excluding hydrogens is 372 g/mol. The Balaban J connectivity index is 1.28. The van der Waals surface area contributed by atoms with Gasteiger partial charge in [-0.05, 0) is 35.7 Å². The summed E-state index contributed by atoms with van der Waals surface area (Å²) in [5.41, 5.74) is 3.62. The quantitative estimate of drug-likeness (QED) is 0.612. The largest absolute Gasteiger partial charge is 0.481 e. The minimum atomic E-state index is -0.492. The highest BCUT2D eigenvalue weighted by atomic mass is 16.5. The predicted octanol–water partition coefficient (Wildman–Crippen LogP) is 4.47. The van der Waals surface area contributed by atoms with Crippen molar-refractivity contribution in [1.82, 2.24) is 9.80 Å². The number of nitrogens with zero attached hydrogens (tertiary/aromatic N) is 2. The SMILES string of the molecule is CC(Oc1ccc(-c2ccccc2)cc1)C(=O)N1CCN(Cc2ccccc2)CC1. The van der Waals surface area contributed by atoms with Gasteiger partial charge < -0.3 is 9.64 Å². The van der Waals surface area contributed by atoms with E-state index in [-0.39, 0.29) is 5.91 Å². The second kappa shape index (κ2) is 9.59. The van der Waals surface area contributed by atoms with Gasteiger partial charge in [0.05, 0.1) is 0 Å². The van der Waals surface area contributed by atoms with Crippen LogP contribution in [0.2, 0.25) is 0 Å². The highest BCUT2D eigenvalue weighted by Crippen LogP contribution is 2.23. The standard InChI is InChI=1S/C26H28N2O2/c1-21(30-25-14-12-24(13-15-25)23-10-6-3-7-11-23)26(29)28-18-16-27(17-19-28)20-22-8-4-2-5-9-22/h2-15,21H,16-20H2,1H3. The fraction of sp³-hybridized carbons (Fsp3) is 0.269. The molecule has 4 heteroatoms. The van der Waals surface area contributed by atoms with E-state index in [1.54, 1.807) is 0 Å². The molecule has 0 aliphatic carbocycles. The van der Waals surface area contributed by atoms with Crippen molar-refractivity contribution in [2.24, 2.45) is 0 Å². The molecule has 0 bridgehead atoms. The van der Waals surface area contributed by atoms with Crippen LogP contribution in [0.4, 0.5) is 0 Å². The Hall–Kier alpha value is -3.11. The Kier molecular flexibility index (Phi) is 6.45. The number of hydrogen-bond acceptors (Lipinski definition) is 3. The summed E-state index contributed by atoms with van der Waals surface area (Å²) in [5, 5.41) is 0. The molecule has 4 rings (SSSR count). The number of ether oxygens (including phenoxy) is 1. The van der Waals surface area contributed by atoms with Crippen molar-refractivity contribution in [1.29, 1.82) is 0 Å². The number of benzene rings is 3. The van der Waals surface area contributed by atoms with Crippen LogP contribution in [0.25, 0.3) is 11.1 Å². The summed E-state index contributed by atoms with van der Waals surface area (Å²) in [6, 6.07) is 28.6. The van der Waals surface area contributed by atoms with E-state index in [2.05, 4.69) is 41.3 Å². The minimum absolute atomic E-state index is 0.0569. The molecule has 1 saturated heterocycles. The molecule has 3 aromatic rings. The first kappa shape index (κ1) is 20.2. The van der Waals surface area contributed by atoms with Gasteiger partial charge in [0.1, 0.15) is 5.75 Å². The number of rotatable bonds is 6. The highest BCUT2D eigenvalue weighted by Gasteiger charge is 2.26. The molecule has 0 radical (unpaired) electrons. The van der Waals surface area contributed by atoms with E-state index >= 15 is 0 Å². The van der Waals surface area contributed by atoms with Crippen LogP contribution < -0.4 is 4.74 Å². The van der Waals surface area contributed by atoms with E-state index in [0.29, 0.717) is 0 Å². The molecular formula is C26H28N2O2. The van der Waals surface area contributed by atoms with Gasteiger partial charge in [-0.25, -0.2) is 0 Å². The summed E-state index contributed by atoms with van der Waals surface area (Å²) in [5.74, 6) is 0.778. The van der Waals surface area contributed by atoms with Crippen molar-refractivity contribution in [2.45, 2.75) is 19.6 Å². The zero-order chi connectivity index (χ0) is 20.8. The van der Waals surface area contributed by atoms with E-state index in [4.69, 9.17) is 4.74 Å². The maximum Gasteiger partial charge on any atom is 0.263 e. The van der Waals surface area contributed by atoms with Crippen LogP contribution in [-0.4, -0.2) is 48.0 Å². The van der Waals surface area contributed by atoms with Crippen LogP contribution in [0.1, 0.15) is 12.5 Å². The van der Waals surface area contributed by atoms with Gasteiger partial charge in [0.25, 0.3) is 5.91 Å². The molecule has 3 aromatic carbocycles. The maximum absolute atomic E-state index is 12.8. The van der Waals surface area contributed by atoms with E-state index in [9.17, 15) is 4.79 Å². The van der Waals surface area contributed by atoms with E-state index < -0.39 is 6.10 Å². The predicted molar refractivity (Wildman–Crippen MR) is 120 cm³/mol. The van der Waals surface area contributed by atoms with Gasteiger partial charge in [-0.2, -0.15) is 0 Å². The Morgan fingerprint density at radius 2 is 1.37 bits per heavy atom.